The van der Waals surface area contributed by atoms with Gasteiger partial charge in [0.2, 0.25) is 10.0 Å². The summed E-state index contributed by atoms with van der Waals surface area (Å²) in [5.74, 6) is 0. The van der Waals surface area contributed by atoms with Crippen LogP contribution in [0.25, 0.3) is 0 Å². The van der Waals surface area contributed by atoms with Gasteiger partial charge in [-0.25, -0.2) is 8.42 Å². The predicted octanol–water partition coefficient (Wildman–Crippen LogP) is 0.702. The van der Waals surface area contributed by atoms with Crippen molar-refractivity contribution in [3.8, 4) is 12.1 Å². The van der Waals surface area contributed by atoms with Gasteiger partial charge in [0.05, 0.1) is 16.5 Å². The second-order valence-corrected chi connectivity index (χ2v) is 5.04. The molecule has 0 fully saturated rings. The first-order valence-electron chi connectivity index (χ1n) is 4.36. The Kier molecular flexibility index (Phi) is 3.62. The van der Waals surface area contributed by atoms with Crippen LogP contribution in [0.4, 0.5) is 0 Å². The molecule has 0 atom stereocenters. The molecule has 0 heterocycles. The molecule has 0 aromatic heterocycles. The lowest BCUT2D eigenvalue weighted by Crippen LogP contribution is -2.27. The van der Waals surface area contributed by atoms with Crippen molar-refractivity contribution in [1.29, 1.82) is 10.5 Å². The van der Waals surface area contributed by atoms with Crippen molar-refractivity contribution in [3.63, 3.8) is 0 Å². The summed E-state index contributed by atoms with van der Waals surface area (Å²) in [4.78, 5) is -0.0738. The van der Waals surface area contributed by atoms with Crippen molar-refractivity contribution < 1.29 is 8.42 Å². The van der Waals surface area contributed by atoms with E-state index in [-0.39, 0.29) is 17.0 Å². The highest BCUT2D eigenvalue weighted by atomic mass is 32.2. The van der Waals surface area contributed by atoms with Crippen LogP contribution in [0.3, 0.4) is 0 Å². The summed E-state index contributed by atoms with van der Waals surface area (Å²) in [5.41, 5.74) is 0.0762. The van der Waals surface area contributed by atoms with Crippen LogP contribution in [0.1, 0.15) is 5.56 Å². The summed E-state index contributed by atoms with van der Waals surface area (Å²) in [6, 6.07) is 9.45. The number of hydrogen-bond donors (Lipinski definition) is 0. The van der Waals surface area contributed by atoms with Crippen LogP contribution < -0.4 is 0 Å². The summed E-state index contributed by atoms with van der Waals surface area (Å²) < 4.78 is 24.8. The third-order valence-corrected chi connectivity index (χ3v) is 3.85. The maximum absolute atomic E-state index is 11.9. The lowest BCUT2D eigenvalue weighted by Gasteiger charge is -2.14. The second kappa shape index (κ2) is 4.75. The predicted molar refractivity (Wildman–Crippen MR) is 56.6 cm³/mol. The molecular formula is C10H9N3O2S. The Morgan fingerprint density at radius 1 is 1.31 bits per heavy atom. The first kappa shape index (κ1) is 12.2. The Labute approximate surface area is 94.2 Å². The minimum Gasteiger partial charge on any atom is -0.207 e. The van der Waals surface area contributed by atoms with E-state index in [2.05, 4.69) is 0 Å². The molecule has 1 rings (SSSR count). The largest absolute Gasteiger partial charge is 0.245 e. The van der Waals surface area contributed by atoms with Gasteiger partial charge < -0.3 is 0 Å². The van der Waals surface area contributed by atoms with Crippen molar-refractivity contribution >= 4 is 10.0 Å². The second-order valence-electron chi connectivity index (χ2n) is 3.03. The molecule has 0 aliphatic heterocycles. The van der Waals surface area contributed by atoms with Gasteiger partial charge >= 0.3 is 0 Å². The van der Waals surface area contributed by atoms with Gasteiger partial charge in [-0.15, -0.1) is 0 Å². The van der Waals surface area contributed by atoms with Gasteiger partial charge in [0.1, 0.15) is 12.6 Å². The normalized spacial score (nSPS) is 10.8. The third kappa shape index (κ3) is 2.19. The van der Waals surface area contributed by atoms with Crippen LogP contribution in [-0.4, -0.2) is 26.3 Å². The first-order valence-corrected chi connectivity index (χ1v) is 5.80. The Balaban J connectivity index is 3.30. The Bertz CT molecular complexity index is 566. The highest BCUT2D eigenvalue weighted by Crippen LogP contribution is 2.17. The van der Waals surface area contributed by atoms with Gasteiger partial charge in [0.25, 0.3) is 0 Å². The molecule has 0 aliphatic carbocycles. The maximum Gasteiger partial charge on any atom is 0.245 e. The van der Waals surface area contributed by atoms with Gasteiger partial charge in [0.15, 0.2) is 0 Å². The molecule has 0 N–H and O–H groups in total. The fourth-order valence-corrected chi connectivity index (χ4v) is 2.34. The fraction of sp³-hybridized carbons (Fsp3) is 0.200. The van der Waals surface area contributed by atoms with Gasteiger partial charge in [-0.3, -0.25) is 0 Å². The van der Waals surface area contributed by atoms with Crippen molar-refractivity contribution in [2.24, 2.45) is 0 Å². The molecule has 0 aliphatic rings. The Hall–Kier alpha value is -1.89. The molecule has 0 saturated heterocycles. The molecule has 0 spiro atoms. The van der Waals surface area contributed by atoms with E-state index >= 15 is 0 Å². The molecule has 0 unspecified atom stereocenters. The molecule has 0 saturated carbocycles. The van der Waals surface area contributed by atoms with Crippen LogP contribution in [-0.2, 0) is 10.0 Å². The molecule has 5 nitrogen and oxygen atoms in total. The summed E-state index contributed by atoms with van der Waals surface area (Å²) in [7, 11) is -2.46. The number of rotatable bonds is 3. The van der Waals surface area contributed by atoms with Gasteiger partial charge in [-0.1, -0.05) is 12.1 Å². The quantitative estimate of drug-likeness (QED) is 0.722. The van der Waals surface area contributed by atoms with E-state index in [4.69, 9.17) is 10.5 Å². The molecule has 0 amide bonds. The van der Waals surface area contributed by atoms with Crippen LogP contribution in [0, 0.1) is 22.7 Å². The topological polar surface area (TPSA) is 85.0 Å². The average Bonchev–Trinajstić information content (AvgIpc) is 2.29. The van der Waals surface area contributed by atoms with Gasteiger partial charge in [-0.2, -0.15) is 14.8 Å². The molecule has 1 aromatic carbocycles. The molecule has 6 heteroatoms. The lowest BCUT2D eigenvalue weighted by atomic mass is 10.2. The number of nitrogens with zero attached hydrogens (tertiary/aromatic N) is 3. The zero-order valence-corrected chi connectivity index (χ0v) is 9.40. The smallest absolute Gasteiger partial charge is 0.207 e. The van der Waals surface area contributed by atoms with E-state index in [0.29, 0.717) is 0 Å². The molecule has 82 valence electrons. The van der Waals surface area contributed by atoms with E-state index in [1.165, 1.54) is 25.2 Å². The van der Waals surface area contributed by atoms with Crippen molar-refractivity contribution in [1.82, 2.24) is 4.31 Å². The molecular weight excluding hydrogens is 226 g/mol. The van der Waals surface area contributed by atoms with Gasteiger partial charge in [0, 0.05) is 7.05 Å². The first-order chi connectivity index (χ1) is 7.54. The van der Waals surface area contributed by atoms with Crippen molar-refractivity contribution in [2.75, 3.05) is 13.6 Å². The monoisotopic (exact) mass is 235 g/mol. The van der Waals surface area contributed by atoms with E-state index in [1.54, 1.807) is 12.1 Å². The van der Waals surface area contributed by atoms with Crippen molar-refractivity contribution in [3.05, 3.63) is 29.8 Å². The van der Waals surface area contributed by atoms with E-state index < -0.39 is 10.0 Å². The van der Waals surface area contributed by atoms with Crippen molar-refractivity contribution in [2.45, 2.75) is 4.90 Å². The van der Waals surface area contributed by atoms with E-state index in [9.17, 15) is 8.42 Å². The standard InChI is InChI=1S/C10H9N3O2S/c1-13(7-6-11)16(14,15)10-5-3-2-4-9(10)8-12/h2-5H,7H2,1H3. The minimum absolute atomic E-state index is 0.0738. The molecule has 16 heavy (non-hydrogen) atoms. The van der Waals surface area contributed by atoms with Gasteiger partial charge in [-0.05, 0) is 12.1 Å². The fourth-order valence-electron chi connectivity index (χ4n) is 1.14. The summed E-state index contributed by atoms with van der Waals surface area (Å²) in [5, 5.41) is 17.2. The average molecular weight is 235 g/mol. The number of sulfonamides is 1. The maximum atomic E-state index is 11.9. The van der Waals surface area contributed by atoms with Crippen LogP contribution >= 0.6 is 0 Å². The third-order valence-electron chi connectivity index (χ3n) is 1.99. The summed E-state index contributed by atoms with van der Waals surface area (Å²) in [6.07, 6.45) is 0. The highest BCUT2D eigenvalue weighted by molar-refractivity contribution is 7.89. The van der Waals surface area contributed by atoms with Crippen LogP contribution in [0.2, 0.25) is 0 Å². The summed E-state index contributed by atoms with van der Waals surface area (Å²) >= 11 is 0. The highest BCUT2D eigenvalue weighted by Gasteiger charge is 2.23. The molecule has 0 radical (unpaired) electrons. The minimum atomic E-state index is -3.76. The summed E-state index contributed by atoms with van der Waals surface area (Å²) in [6.45, 7) is -0.248. The SMILES string of the molecule is CN(CC#N)S(=O)(=O)c1ccccc1C#N. The van der Waals surface area contributed by atoms with Crippen LogP contribution in [0.5, 0.6) is 0 Å². The van der Waals surface area contributed by atoms with Crippen LogP contribution in [0.15, 0.2) is 29.2 Å². The Morgan fingerprint density at radius 2 is 1.94 bits per heavy atom. The number of nitriles is 2. The number of hydrogen-bond acceptors (Lipinski definition) is 4. The number of benzene rings is 1. The molecule has 1 aromatic rings. The Morgan fingerprint density at radius 3 is 2.50 bits per heavy atom. The van der Waals surface area contributed by atoms with E-state index in [1.807, 2.05) is 6.07 Å². The zero-order chi connectivity index (χ0) is 12.2. The lowest BCUT2D eigenvalue weighted by molar-refractivity contribution is 0.501. The zero-order valence-electron chi connectivity index (χ0n) is 8.58. The molecule has 0 bridgehead atoms. The van der Waals surface area contributed by atoms with E-state index in [0.717, 1.165) is 4.31 Å².